The van der Waals surface area contributed by atoms with Gasteiger partial charge in [0.25, 0.3) is 0 Å². The van der Waals surface area contributed by atoms with Crippen LogP contribution in [0.15, 0.2) is 77.4 Å². The lowest BCUT2D eigenvalue weighted by molar-refractivity contribution is -0.116. The van der Waals surface area contributed by atoms with Crippen LogP contribution < -0.4 is 5.32 Å². The van der Waals surface area contributed by atoms with Gasteiger partial charge in [-0.1, -0.05) is 48.5 Å². The highest BCUT2D eigenvalue weighted by atomic mass is 16.3. The lowest BCUT2D eigenvalue weighted by Gasteiger charge is -2.01. The van der Waals surface area contributed by atoms with Gasteiger partial charge in [-0.2, -0.15) is 10.4 Å². The van der Waals surface area contributed by atoms with Crippen LogP contribution in [0, 0.1) is 11.3 Å². The molecule has 0 unspecified atom stereocenters. The monoisotopic (exact) mass is 396 g/mol. The summed E-state index contributed by atoms with van der Waals surface area (Å²) in [5, 5.41) is 17.3. The van der Waals surface area contributed by atoms with E-state index in [-0.39, 0.29) is 5.91 Å². The predicted octanol–water partition coefficient (Wildman–Crippen LogP) is 4.54. The second-order valence-corrected chi connectivity index (χ2v) is 6.79. The molecule has 148 valence electrons. The lowest BCUT2D eigenvalue weighted by Crippen LogP contribution is -2.20. The number of carbonyl (C=O) groups excluding carboxylic acids is 1. The van der Waals surface area contributed by atoms with Gasteiger partial charge in [0.15, 0.2) is 5.76 Å². The molecule has 0 aliphatic heterocycles. The molecule has 2 aromatic carbocycles. The van der Waals surface area contributed by atoms with Crippen molar-refractivity contribution in [3.05, 3.63) is 84.1 Å². The first-order valence-electron chi connectivity index (χ1n) is 9.66. The van der Waals surface area contributed by atoms with Crippen LogP contribution in [0.5, 0.6) is 0 Å². The van der Waals surface area contributed by atoms with Crippen LogP contribution in [-0.2, 0) is 17.9 Å². The van der Waals surface area contributed by atoms with Crippen LogP contribution in [0.3, 0.4) is 0 Å². The van der Waals surface area contributed by atoms with Crippen LogP contribution in [0.4, 0.5) is 0 Å². The summed E-state index contributed by atoms with van der Waals surface area (Å²) in [5.41, 5.74) is 3.19. The highest BCUT2D eigenvalue weighted by molar-refractivity contribution is 5.93. The maximum absolute atomic E-state index is 12.3. The summed E-state index contributed by atoms with van der Waals surface area (Å²) in [6, 6.07) is 21.5. The number of nitrogens with zero attached hydrogens (tertiary/aromatic N) is 3. The van der Waals surface area contributed by atoms with Gasteiger partial charge in [0, 0.05) is 29.8 Å². The molecule has 0 bridgehead atoms. The Kier molecular flexibility index (Phi) is 5.72. The van der Waals surface area contributed by atoms with Gasteiger partial charge >= 0.3 is 0 Å². The van der Waals surface area contributed by atoms with E-state index in [9.17, 15) is 4.79 Å². The number of aryl methyl sites for hydroxylation is 1. The molecule has 2 aromatic heterocycles. The van der Waals surface area contributed by atoms with Gasteiger partial charge in [0.2, 0.25) is 5.91 Å². The molecule has 0 radical (unpaired) electrons. The van der Waals surface area contributed by atoms with E-state index in [0.717, 1.165) is 22.1 Å². The summed E-state index contributed by atoms with van der Waals surface area (Å²) >= 11 is 0. The lowest BCUT2D eigenvalue weighted by atomic mass is 10.1. The Balaban J connectivity index is 1.56. The van der Waals surface area contributed by atoms with Crippen molar-refractivity contribution in [1.82, 2.24) is 15.1 Å². The average molecular weight is 396 g/mol. The predicted molar refractivity (Wildman–Crippen MR) is 115 cm³/mol. The molecule has 4 rings (SSSR count). The topological polar surface area (TPSA) is 83.9 Å². The number of nitriles is 1. The third-order valence-electron chi connectivity index (χ3n) is 4.63. The molecule has 0 saturated carbocycles. The zero-order chi connectivity index (χ0) is 20.8. The fraction of sp³-hybridized carbons (Fsp3) is 0.125. The van der Waals surface area contributed by atoms with Gasteiger partial charge in [-0.15, -0.1) is 0 Å². The minimum atomic E-state index is -0.195. The van der Waals surface area contributed by atoms with Gasteiger partial charge in [-0.3, -0.25) is 9.48 Å². The minimum absolute atomic E-state index is 0.195. The van der Waals surface area contributed by atoms with Crippen molar-refractivity contribution in [2.24, 2.45) is 0 Å². The quantitative estimate of drug-likeness (QED) is 0.465. The van der Waals surface area contributed by atoms with E-state index in [2.05, 4.69) is 16.5 Å². The second kappa shape index (κ2) is 8.93. The molecule has 0 atom stereocenters. The van der Waals surface area contributed by atoms with Crippen molar-refractivity contribution in [1.29, 1.82) is 5.26 Å². The number of rotatable bonds is 7. The van der Waals surface area contributed by atoms with Crippen LogP contribution >= 0.6 is 0 Å². The molecule has 0 aliphatic carbocycles. The molecular formula is C24H20N4O2. The molecule has 1 N–H and O–H groups in total. The summed E-state index contributed by atoms with van der Waals surface area (Å²) < 4.78 is 7.65. The number of nitrogens with one attached hydrogen (secondary N) is 1. The number of carbonyl (C=O) groups is 1. The number of fused-ring (bicyclic) bond motifs is 1. The third kappa shape index (κ3) is 4.47. The van der Waals surface area contributed by atoms with E-state index in [1.165, 1.54) is 6.08 Å². The van der Waals surface area contributed by atoms with E-state index in [4.69, 9.17) is 9.68 Å². The number of para-hydroxylation sites is 1. The third-order valence-corrected chi connectivity index (χ3v) is 4.63. The summed E-state index contributed by atoms with van der Waals surface area (Å²) in [4.78, 5) is 12.3. The Morgan fingerprint density at radius 1 is 1.17 bits per heavy atom. The first kappa shape index (κ1) is 19.2. The maximum Gasteiger partial charge on any atom is 0.244 e. The Morgan fingerprint density at radius 3 is 2.77 bits per heavy atom. The molecule has 0 saturated heterocycles. The SMILES string of the molecule is N#CCCn1cc(C=CC(=O)NCc2ccccc2)c(-c2cc3ccccc3o2)n1. The smallest absolute Gasteiger partial charge is 0.244 e. The molecule has 30 heavy (non-hydrogen) atoms. The molecule has 6 heteroatoms. The van der Waals surface area contributed by atoms with Crippen molar-refractivity contribution >= 4 is 23.0 Å². The summed E-state index contributed by atoms with van der Waals surface area (Å²) in [7, 11) is 0. The van der Waals surface area contributed by atoms with Crippen molar-refractivity contribution in [3.63, 3.8) is 0 Å². The second-order valence-electron chi connectivity index (χ2n) is 6.79. The molecule has 0 aliphatic rings. The highest BCUT2D eigenvalue weighted by Crippen LogP contribution is 2.29. The Hall–Kier alpha value is -4.11. The largest absolute Gasteiger partial charge is 0.454 e. The van der Waals surface area contributed by atoms with Crippen molar-refractivity contribution < 1.29 is 9.21 Å². The Bertz CT molecular complexity index is 1200. The molecule has 4 aromatic rings. The van der Waals surface area contributed by atoms with Gasteiger partial charge in [-0.25, -0.2) is 0 Å². The molecule has 6 nitrogen and oxygen atoms in total. The van der Waals surface area contributed by atoms with Crippen LogP contribution in [0.1, 0.15) is 17.5 Å². The van der Waals surface area contributed by atoms with Crippen LogP contribution in [0.25, 0.3) is 28.5 Å². The highest BCUT2D eigenvalue weighted by Gasteiger charge is 2.14. The zero-order valence-corrected chi connectivity index (χ0v) is 16.3. The average Bonchev–Trinajstić information content (AvgIpc) is 3.39. The van der Waals surface area contributed by atoms with Gasteiger partial charge in [-0.05, 0) is 23.8 Å². The number of hydrogen-bond donors (Lipinski definition) is 1. The van der Waals surface area contributed by atoms with Gasteiger partial charge < -0.3 is 9.73 Å². The van der Waals surface area contributed by atoms with Crippen molar-refractivity contribution in [3.8, 4) is 17.5 Å². The number of amides is 1. The van der Waals surface area contributed by atoms with Crippen LogP contribution in [-0.4, -0.2) is 15.7 Å². The molecular weight excluding hydrogens is 376 g/mol. The molecule has 2 heterocycles. The van der Waals surface area contributed by atoms with Gasteiger partial charge in [0.05, 0.1) is 19.0 Å². The molecule has 0 spiro atoms. The standard InChI is InChI=1S/C24H20N4O2/c25-13-6-14-28-17-20(11-12-23(29)26-16-18-7-2-1-3-8-18)24(27-28)22-15-19-9-4-5-10-21(19)30-22/h1-5,7-12,15,17H,6,14,16H2,(H,26,29). The Morgan fingerprint density at radius 2 is 1.97 bits per heavy atom. The fourth-order valence-electron chi connectivity index (χ4n) is 3.14. The van der Waals surface area contributed by atoms with Crippen LogP contribution in [0.2, 0.25) is 0 Å². The molecule has 0 fully saturated rings. The van der Waals surface area contributed by atoms with E-state index < -0.39 is 0 Å². The van der Waals surface area contributed by atoms with E-state index in [0.29, 0.717) is 31.0 Å². The first-order chi connectivity index (χ1) is 14.7. The first-order valence-corrected chi connectivity index (χ1v) is 9.66. The summed E-state index contributed by atoms with van der Waals surface area (Å²) in [5.74, 6) is 0.426. The molecule has 1 amide bonds. The van der Waals surface area contributed by atoms with E-state index in [1.807, 2.05) is 66.9 Å². The van der Waals surface area contributed by atoms with Crippen molar-refractivity contribution in [2.75, 3.05) is 0 Å². The summed E-state index contributed by atoms with van der Waals surface area (Å²) in [6.45, 7) is 0.930. The fourth-order valence-corrected chi connectivity index (χ4v) is 3.14. The number of benzene rings is 2. The number of furan rings is 1. The normalized spacial score (nSPS) is 11.0. The Labute approximate surface area is 174 Å². The zero-order valence-electron chi connectivity index (χ0n) is 16.3. The number of aromatic nitrogens is 2. The van der Waals surface area contributed by atoms with Crippen molar-refractivity contribution in [2.45, 2.75) is 19.5 Å². The van der Waals surface area contributed by atoms with E-state index in [1.54, 1.807) is 10.8 Å². The number of hydrogen-bond acceptors (Lipinski definition) is 4. The minimum Gasteiger partial charge on any atom is -0.454 e. The maximum atomic E-state index is 12.3. The van der Waals surface area contributed by atoms with E-state index >= 15 is 0 Å². The summed E-state index contributed by atoms with van der Waals surface area (Å²) in [6.07, 6.45) is 5.38. The van der Waals surface area contributed by atoms with Gasteiger partial charge in [0.1, 0.15) is 11.3 Å².